The van der Waals surface area contributed by atoms with Gasteiger partial charge in [-0.15, -0.1) is 18.3 Å². The lowest BCUT2D eigenvalue weighted by molar-refractivity contribution is -0.274. The van der Waals surface area contributed by atoms with Gasteiger partial charge in [-0.1, -0.05) is 42.0 Å². The average Bonchev–Trinajstić information content (AvgIpc) is 3.31. The second kappa shape index (κ2) is 10.6. The number of alkyl halides is 3. The minimum atomic E-state index is -4.74. The van der Waals surface area contributed by atoms with E-state index >= 15 is 0 Å². The van der Waals surface area contributed by atoms with Gasteiger partial charge in [0.05, 0.1) is 11.9 Å². The third kappa shape index (κ3) is 6.66. The number of benzene rings is 3. The van der Waals surface area contributed by atoms with Gasteiger partial charge in [-0.2, -0.15) is 5.10 Å². The van der Waals surface area contributed by atoms with Crippen LogP contribution in [-0.4, -0.2) is 32.5 Å². The molecule has 2 N–H and O–H groups in total. The number of nitrogens with one attached hydrogen (secondary N) is 2. The summed E-state index contributed by atoms with van der Waals surface area (Å²) in [6.07, 6.45) is -1.62. The zero-order chi connectivity index (χ0) is 25.7. The quantitative estimate of drug-likeness (QED) is 0.195. The van der Waals surface area contributed by atoms with Crippen LogP contribution < -0.4 is 15.5 Å². The summed E-state index contributed by atoms with van der Waals surface area (Å²) in [6.45, 7) is 4.04. The Bertz CT molecular complexity index is 1380. The summed E-state index contributed by atoms with van der Waals surface area (Å²) >= 11 is 5.29. The molecule has 4 rings (SSSR count). The van der Waals surface area contributed by atoms with Crippen molar-refractivity contribution in [1.29, 1.82) is 0 Å². The van der Waals surface area contributed by atoms with E-state index in [1.54, 1.807) is 6.21 Å². The van der Waals surface area contributed by atoms with E-state index in [1.807, 2.05) is 50.2 Å². The highest BCUT2D eigenvalue weighted by molar-refractivity contribution is 7.80. The minimum absolute atomic E-state index is 0.305. The standard InChI is InChI=1S/C25H21F3N6OS/c1-16-3-12-22(17(2)13-16)31-24(36)32-30-14-18-4-6-19(7-5-18)23-29-15-34(33-23)20-8-10-21(11-9-20)35-25(26,27)28/h3-15H,1-2H3,(H2,31,32,36)/b30-14+. The maximum atomic E-state index is 12.3. The molecule has 4 aromatic rings. The van der Waals surface area contributed by atoms with Gasteiger partial charge in [0.1, 0.15) is 12.1 Å². The summed E-state index contributed by atoms with van der Waals surface area (Å²) in [4.78, 5) is 4.28. The first kappa shape index (κ1) is 24.9. The highest BCUT2D eigenvalue weighted by Gasteiger charge is 2.31. The van der Waals surface area contributed by atoms with Crippen LogP contribution in [0.15, 0.2) is 78.2 Å². The molecule has 0 amide bonds. The van der Waals surface area contributed by atoms with E-state index in [9.17, 15) is 13.2 Å². The van der Waals surface area contributed by atoms with Crippen LogP contribution in [0.3, 0.4) is 0 Å². The fourth-order valence-electron chi connectivity index (χ4n) is 3.31. The van der Waals surface area contributed by atoms with Crippen molar-refractivity contribution in [2.45, 2.75) is 20.2 Å². The Morgan fingerprint density at radius 1 is 1.03 bits per heavy atom. The molecule has 7 nitrogen and oxygen atoms in total. The summed E-state index contributed by atoms with van der Waals surface area (Å²) in [5.74, 6) is 0.159. The maximum Gasteiger partial charge on any atom is 0.573 e. The molecular weight excluding hydrogens is 489 g/mol. The Balaban J connectivity index is 1.34. The molecule has 0 unspecified atom stereocenters. The SMILES string of the molecule is Cc1ccc(NC(=S)N/N=C/c2ccc(-c3ncn(-c4ccc(OC(F)(F)F)cc4)n3)cc2)c(C)c1. The van der Waals surface area contributed by atoms with Gasteiger partial charge in [-0.05, 0) is 67.5 Å². The molecule has 184 valence electrons. The Morgan fingerprint density at radius 3 is 2.42 bits per heavy atom. The number of aromatic nitrogens is 3. The third-order valence-corrected chi connectivity index (χ3v) is 5.20. The fraction of sp³-hybridized carbons (Fsp3) is 0.120. The molecule has 0 bridgehead atoms. The monoisotopic (exact) mass is 510 g/mol. The van der Waals surface area contributed by atoms with Crippen molar-refractivity contribution < 1.29 is 17.9 Å². The van der Waals surface area contributed by atoms with E-state index in [0.717, 1.165) is 22.4 Å². The number of anilines is 1. The van der Waals surface area contributed by atoms with Crippen molar-refractivity contribution in [1.82, 2.24) is 20.2 Å². The average molecular weight is 511 g/mol. The first-order valence-electron chi connectivity index (χ1n) is 10.7. The van der Waals surface area contributed by atoms with E-state index in [4.69, 9.17) is 12.2 Å². The van der Waals surface area contributed by atoms with Gasteiger partial charge in [0.25, 0.3) is 0 Å². The molecule has 0 atom stereocenters. The Kier molecular flexibility index (Phi) is 7.30. The molecule has 1 heterocycles. The first-order valence-corrected chi connectivity index (χ1v) is 11.1. The Labute approximate surface area is 210 Å². The number of thiocarbonyl (C=S) groups is 1. The molecule has 36 heavy (non-hydrogen) atoms. The van der Waals surface area contributed by atoms with Crippen molar-refractivity contribution in [2.75, 3.05) is 5.32 Å². The van der Waals surface area contributed by atoms with Gasteiger partial charge in [0, 0.05) is 11.3 Å². The summed E-state index contributed by atoms with van der Waals surface area (Å²) < 4.78 is 42.3. The van der Waals surface area contributed by atoms with Crippen LogP contribution in [0.25, 0.3) is 17.1 Å². The van der Waals surface area contributed by atoms with Crippen molar-refractivity contribution >= 4 is 29.2 Å². The van der Waals surface area contributed by atoms with Crippen LogP contribution in [0, 0.1) is 13.8 Å². The molecule has 0 aliphatic rings. The Morgan fingerprint density at radius 2 is 1.75 bits per heavy atom. The number of ether oxygens (including phenoxy) is 1. The van der Waals surface area contributed by atoms with Crippen LogP contribution in [0.5, 0.6) is 5.75 Å². The molecular formula is C25H21F3N6OS. The number of nitrogens with zero attached hydrogens (tertiary/aromatic N) is 4. The normalized spacial score (nSPS) is 11.5. The van der Waals surface area contributed by atoms with Gasteiger partial charge in [-0.25, -0.2) is 9.67 Å². The number of hydrazone groups is 1. The third-order valence-electron chi connectivity index (χ3n) is 5.01. The first-order chi connectivity index (χ1) is 17.2. The second-order valence-corrected chi connectivity index (χ2v) is 8.23. The topological polar surface area (TPSA) is 76.4 Å². The smallest absolute Gasteiger partial charge is 0.406 e. The van der Waals surface area contributed by atoms with E-state index < -0.39 is 6.36 Å². The summed E-state index contributed by atoms with van der Waals surface area (Å²) in [5, 5.41) is 12.1. The summed E-state index contributed by atoms with van der Waals surface area (Å²) in [7, 11) is 0. The zero-order valence-electron chi connectivity index (χ0n) is 19.2. The van der Waals surface area contributed by atoms with Gasteiger partial charge in [0.2, 0.25) is 0 Å². The maximum absolute atomic E-state index is 12.3. The van der Waals surface area contributed by atoms with Crippen molar-refractivity contribution in [3.63, 3.8) is 0 Å². The molecule has 3 aromatic carbocycles. The van der Waals surface area contributed by atoms with Crippen molar-refractivity contribution in [3.05, 3.63) is 89.7 Å². The summed E-state index contributed by atoms with van der Waals surface area (Å²) in [6, 6.07) is 18.8. The van der Waals surface area contributed by atoms with Crippen molar-refractivity contribution in [2.24, 2.45) is 5.10 Å². The van der Waals surface area contributed by atoms with E-state index in [1.165, 1.54) is 40.8 Å². The van der Waals surface area contributed by atoms with Crippen LogP contribution >= 0.6 is 12.2 Å². The number of hydrogen-bond donors (Lipinski definition) is 2. The van der Waals surface area contributed by atoms with Gasteiger partial charge in [0.15, 0.2) is 10.9 Å². The lowest BCUT2D eigenvalue weighted by Gasteiger charge is -2.10. The van der Waals surface area contributed by atoms with Crippen molar-refractivity contribution in [3.8, 4) is 22.8 Å². The fourth-order valence-corrected chi connectivity index (χ4v) is 3.47. The van der Waals surface area contributed by atoms with Gasteiger partial charge >= 0.3 is 6.36 Å². The lowest BCUT2D eigenvalue weighted by Crippen LogP contribution is -2.24. The highest BCUT2D eigenvalue weighted by Crippen LogP contribution is 2.24. The van der Waals surface area contributed by atoms with Crippen LogP contribution in [0.2, 0.25) is 0 Å². The minimum Gasteiger partial charge on any atom is -0.406 e. The highest BCUT2D eigenvalue weighted by atomic mass is 32.1. The number of rotatable bonds is 6. The van der Waals surface area contributed by atoms with Crippen LogP contribution in [-0.2, 0) is 0 Å². The van der Waals surface area contributed by atoms with Crippen LogP contribution in [0.1, 0.15) is 16.7 Å². The molecule has 1 aromatic heterocycles. The van der Waals surface area contributed by atoms with E-state index in [-0.39, 0.29) is 5.75 Å². The molecule has 0 saturated heterocycles. The molecule has 0 radical (unpaired) electrons. The lowest BCUT2D eigenvalue weighted by atomic mass is 10.1. The number of aryl methyl sites for hydroxylation is 2. The molecule has 0 aliphatic carbocycles. The molecule has 0 fully saturated rings. The Hall–Kier alpha value is -4.25. The van der Waals surface area contributed by atoms with E-state index in [2.05, 4.69) is 36.7 Å². The molecule has 0 saturated carbocycles. The van der Waals surface area contributed by atoms with Gasteiger partial charge < -0.3 is 10.1 Å². The molecule has 11 heteroatoms. The molecule has 0 spiro atoms. The van der Waals surface area contributed by atoms with E-state index in [0.29, 0.717) is 16.6 Å². The largest absolute Gasteiger partial charge is 0.573 e. The van der Waals surface area contributed by atoms with Gasteiger partial charge in [-0.3, -0.25) is 5.43 Å². The second-order valence-electron chi connectivity index (χ2n) is 7.82. The predicted molar refractivity (Wildman–Crippen MR) is 136 cm³/mol. The zero-order valence-corrected chi connectivity index (χ0v) is 20.1. The number of halogens is 3. The molecule has 0 aliphatic heterocycles. The number of hydrogen-bond acceptors (Lipinski definition) is 5. The van der Waals surface area contributed by atoms with Crippen LogP contribution in [0.4, 0.5) is 18.9 Å². The summed E-state index contributed by atoms with van der Waals surface area (Å²) in [5.41, 5.74) is 8.11. The predicted octanol–water partition coefficient (Wildman–Crippen LogP) is 5.77.